The molecule has 22 heavy (non-hydrogen) atoms. The van der Waals surface area contributed by atoms with E-state index in [4.69, 9.17) is 0 Å². The zero-order valence-electron chi connectivity index (χ0n) is 11.6. The van der Waals surface area contributed by atoms with Crippen molar-refractivity contribution in [3.05, 3.63) is 48.5 Å². The monoisotopic (exact) mass is 329 g/mol. The molecule has 0 aliphatic rings. The number of anilines is 1. The number of benzene rings is 2. The SMILES string of the molecule is CN(C)c1ccc(/N=N/c2ccc(O[SH](=O)=O)cc2)cc1.[NaH]. The van der Waals surface area contributed by atoms with Gasteiger partial charge in [-0.2, -0.15) is 18.6 Å². The van der Waals surface area contributed by atoms with Crippen LogP contribution in [0.3, 0.4) is 0 Å². The Bertz CT molecular complexity index is 690. The Labute approximate surface area is 153 Å². The van der Waals surface area contributed by atoms with Crippen LogP contribution in [0.25, 0.3) is 0 Å². The van der Waals surface area contributed by atoms with Crippen LogP contribution < -0.4 is 9.08 Å². The van der Waals surface area contributed by atoms with Gasteiger partial charge in [-0.3, -0.25) is 0 Å². The summed E-state index contributed by atoms with van der Waals surface area (Å²) >= 11 is 0. The van der Waals surface area contributed by atoms with E-state index in [-0.39, 0.29) is 35.3 Å². The fourth-order valence-electron chi connectivity index (χ4n) is 1.59. The molecule has 0 radical (unpaired) electrons. The fourth-order valence-corrected chi connectivity index (χ4v) is 1.89. The van der Waals surface area contributed by atoms with Crippen molar-refractivity contribution >= 4 is 57.6 Å². The molecule has 0 spiro atoms. The van der Waals surface area contributed by atoms with Crippen LogP contribution in [0.2, 0.25) is 0 Å². The van der Waals surface area contributed by atoms with Crippen molar-refractivity contribution in [2.75, 3.05) is 19.0 Å². The van der Waals surface area contributed by atoms with Crippen molar-refractivity contribution in [3.8, 4) is 5.75 Å². The normalized spacial score (nSPS) is 10.5. The first kappa shape index (κ1) is 18.6. The first-order valence-electron chi connectivity index (χ1n) is 6.16. The fraction of sp³-hybridized carbons (Fsp3) is 0.143. The predicted molar refractivity (Wildman–Crippen MR) is 89.5 cm³/mol. The Morgan fingerprint density at radius 3 is 1.73 bits per heavy atom. The summed E-state index contributed by atoms with van der Waals surface area (Å²) < 4.78 is 25.4. The summed E-state index contributed by atoms with van der Waals surface area (Å²) in [6.45, 7) is 0. The van der Waals surface area contributed by atoms with Crippen molar-refractivity contribution in [1.82, 2.24) is 0 Å². The molecule has 8 heteroatoms. The van der Waals surface area contributed by atoms with E-state index in [1.54, 1.807) is 12.1 Å². The topological polar surface area (TPSA) is 71.3 Å². The molecule has 0 aliphatic heterocycles. The van der Waals surface area contributed by atoms with Gasteiger partial charge in [0.05, 0.1) is 11.4 Å². The number of hydrogen-bond donors (Lipinski definition) is 1. The van der Waals surface area contributed by atoms with Crippen LogP contribution in [-0.4, -0.2) is 52.1 Å². The zero-order chi connectivity index (χ0) is 15.2. The third kappa shape index (κ3) is 5.76. The summed E-state index contributed by atoms with van der Waals surface area (Å²) in [5, 5.41) is 8.19. The van der Waals surface area contributed by atoms with Crippen molar-refractivity contribution in [2.45, 2.75) is 0 Å². The van der Waals surface area contributed by atoms with Crippen LogP contribution in [-0.2, 0) is 11.0 Å². The van der Waals surface area contributed by atoms with Crippen LogP contribution in [0.15, 0.2) is 58.8 Å². The number of hydrogen-bond acceptors (Lipinski definition) is 6. The van der Waals surface area contributed by atoms with E-state index in [9.17, 15) is 8.42 Å². The predicted octanol–water partition coefficient (Wildman–Crippen LogP) is 2.42. The Balaban J connectivity index is 0.00000242. The summed E-state index contributed by atoms with van der Waals surface area (Å²) in [6, 6.07) is 14.0. The second-order valence-electron chi connectivity index (χ2n) is 4.42. The van der Waals surface area contributed by atoms with E-state index in [2.05, 4.69) is 14.4 Å². The Morgan fingerprint density at radius 1 is 0.864 bits per heavy atom. The molecule has 0 fully saturated rings. The number of rotatable bonds is 5. The summed E-state index contributed by atoms with van der Waals surface area (Å²) in [5.74, 6) is 0.250. The molecular formula is C14H16N3NaO3S. The summed E-state index contributed by atoms with van der Waals surface area (Å²) in [4.78, 5) is 2.00. The molecule has 0 aliphatic carbocycles. The molecule has 0 bridgehead atoms. The summed E-state index contributed by atoms with van der Waals surface area (Å²) in [5.41, 5.74) is 2.44. The molecule has 0 aromatic heterocycles. The number of azo groups is 1. The van der Waals surface area contributed by atoms with E-state index in [0.29, 0.717) is 5.69 Å². The number of thiol groups is 1. The van der Waals surface area contributed by atoms with Crippen molar-refractivity contribution in [1.29, 1.82) is 0 Å². The first-order valence-corrected chi connectivity index (χ1v) is 7.26. The van der Waals surface area contributed by atoms with Gasteiger partial charge in [0.1, 0.15) is 5.75 Å². The Morgan fingerprint density at radius 2 is 1.32 bits per heavy atom. The van der Waals surface area contributed by atoms with Crippen LogP contribution in [0.1, 0.15) is 0 Å². The Kier molecular flexibility index (Phi) is 7.53. The van der Waals surface area contributed by atoms with Gasteiger partial charge in [0.25, 0.3) is 11.0 Å². The van der Waals surface area contributed by atoms with Gasteiger partial charge in [-0.25, -0.2) is 0 Å². The van der Waals surface area contributed by atoms with E-state index >= 15 is 0 Å². The zero-order valence-corrected chi connectivity index (χ0v) is 12.5. The molecule has 0 saturated heterocycles. The van der Waals surface area contributed by atoms with E-state index in [1.807, 2.05) is 43.3 Å². The van der Waals surface area contributed by atoms with Crippen LogP contribution in [0.5, 0.6) is 5.75 Å². The molecule has 0 N–H and O–H groups in total. The summed E-state index contributed by atoms with van der Waals surface area (Å²) in [6.07, 6.45) is 0. The molecule has 2 aromatic rings. The molecule has 6 nitrogen and oxygen atoms in total. The third-order valence-electron chi connectivity index (χ3n) is 2.66. The van der Waals surface area contributed by atoms with Crippen molar-refractivity contribution < 1.29 is 12.6 Å². The van der Waals surface area contributed by atoms with Gasteiger partial charge in [-0.1, -0.05) is 0 Å². The van der Waals surface area contributed by atoms with Crippen molar-refractivity contribution in [2.24, 2.45) is 10.2 Å². The average molecular weight is 329 g/mol. The standard InChI is InChI=1S/C14H15N3O3S.Na.H/c1-17(2)13-7-3-11(4-8-13)15-16-12-5-9-14(10-6-12)20-21(18)19;;/h3-10,21H,1-2H3;;/b16-15+;;. The average Bonchev–Trinajstić information content (AvgIpc) is 2.46. The maximum atomic E-state index is 10.4. The molecule has 2 aromatic carbocycles. The van der Waals surface area contributed by atoms with Crippen LogP contribution in [0.4, 0.5) is 17.1 Å². The third-order valence-corrected chi connectivity index (χ3v) is 3.02. The molecule has 0 heterocycles. The van der Waals surface area contributed by atoms with Gasteiger partial charge in [0.2, 0.25) is 0 Å². The molecule has 0 atom stereocenters. The first-order chi connectivity index (χ1) is 10.0. The molecule has 0 unspecified atom stereocenters. The van der Waals surface area contributed by atoms with E-state index < -0.39 is 11.0 Å². The van der Waals surface area contributed by atoms with Gasteiger partial charge >= 0.3 is 29.6 Å². The minimum absolute atomic E-state index is 0. The maximum absolute atomic E-state index is 10.4. The van der Waals surface area contributed by atoms with Gasteiger partial charge in [-0.15, -0.1) is 0 Å². The van der Waals surface area contributed by atoms with Crippen LogP contribution in [0, 0.1) is 0 Å². The van der Waals surface area contributed by atoms with Gasteiger partial charge < -0.3 is 9.08 Å². The second kappa shape index (κ2) is 8.89. The molecular weight excluding hydrogens is 313 g/mol. The number of nitrogens with zero attached hydrogens (tertiary/aromatic N) is 3. The van der Waals surface area contributed by atoms with E-state index in [1.165, 1.54) is 12.1 Å². The molecule has 112 valence electrons. The van der Waals surface area contributed by atoms with Gasteiger partial charge in [0.15, 0.2) is 0 Å². The minimum atomic E-state index is -2.90. The second-order valence-corrected chi connectivity index (χ2v) is 5.05. The molecule has 2 rings (SSSR count). The van der Waals surface area contributed by atoms with Gasteiger partial charge in [-0.05, 0) is 48.5 Å². The van der Waals surface area contributed by atoms with E-state index in [0.717, 1.165) is 11.4 Å². The molecule has 0 saturated carbocycles. The Hall–Kier alpha value is -1.41. The quantitative estimate of drug-likeness (QED) is 0.519. The summed E-state index contributed by atoms with van der Waals surface area (Å²) in [7, 11) is 1.04. The van der Waals surface area contributed by atoms with Crippen molar-refractivity contribution in [3.63, 3.8) is 0 Å². The van der Waals surface area contributed by atoms with Gasteiger partial charge in [0, 0.05) is 19.8 Å². The molecule has 0 amide bonds. The van der Waals surface area contributed by atoms with Crippen LogP contribution >= 0.6 is 0 Å².